The number of unbranched alkanes of at least 4 members (excludes halogenated alkanes) is 22. The van der Waals surface area contributed by atoms with Gasteiger partial charge in [0, 0.05) is 25.7 Å². The summed E-state index contributed by atoms with van der Waals surface area (Å²) in [4.78, 5) is 73.2. The summed E-state index contributed by atoms with van der Waals surface area (Å²) in [5.41, 5.74) is 0. The molecule has 0 radical (unpaired) electrons. The molecule has 0 amide bonds. The molecule has 0 spiro atoms. The summed E-state index contributed by atoms with van der Waals surface area (Å²) in [5.74, 6) is -2.32. The van der Waals surface area contributed by atoms with Crippen molar-refractivity contribution in [2.24, 2.45) is 0 Å². The van der Waals surface area contributed by atoms with Gasteiger partial charge < -0.3 is 33.8 Å². The molecule has 0 aromatic heterocycles. The van der Waals surface area contributed by atoms with Crippen molar-refractivity contribution >= 4 is 39.5 Å². The fourth-order valence-corrected chi connectivity index (χ4v) is 12.1. The number of esters is 4. The van der Waals surface area contributed by atoms with Gasteiger partial charge in [-0.2, -0.15) is 0 Å². The van der Waals surface area contributed by atoms with Crippen molar-refractivity contribution in [1.29, 1.82) is 0 Å². The van der Waals surface area contributed by atoms with Crippen LogP contribution in [0.5, 0.6) is 0 Å². The van der Waals surface area contributed by atoms with Gasteiger partial charge in [0.25, 0.3) is 0 Å². The molecule has 0 aliphatic rings. The number of carbonyl (C=O) groups is 4. The SMILES string of the molecule is CC/C=C\C/C=C\C/C=C\C/C=C\C/C=C\C/C=C\CCC(=O)OCC(COP(=O)(O)OCC(O)COP(=O)(O)OCC(COC(=O)CCCCCCCCC/C=C\C/C=C\C/C=C\CC)OC(=O)CCCCCCCCC/C=C\C/C=C\C/C=C\CC)OC(=O)CCCCCCC/C=C\C/C=C\CCCCC. The molecule has 0 aromatic carbocycles. The van der Waals surface area contributed by atoms with Crippen LogP contribution in [0.15, 0.2) is 170 Å². The van der Waals surface area contributed by atoms with Gasteiger partial charge in [-0.05, 0) is 161 Å². The van der Waals surface area contributed by atoms with Crippen molar-refractivity contribution in [3.63, 3.8) is 0 Å². The van der Waals surface area contributed by atoms with Crippen molar-refractivity contribution in [3.05, 3.63) is 170 Å². The number of aliphatic hydroxyl groups excluding tert-OH is 1. The Morgan fingerprint density at radius 2 is 0.500 bits per heavy atom. The first-order valence-electron chi connectivity index (χ1n) is 41.4. The lowest BCUT2D eigenvalue weighted by Gasteiger charge is -2.21. The van der Waals surface area contributed by atoms with Gasteiger partial charge in [-0.15, -0.1) is 0 Å². The second-order valence-corrected chi connectivity index (χ2v) is 29.8. The molecule has 0 aliphatic carbocycles. The lowest BCUT2D eigenvalue weighted by atomic mass is 10.1. The van der Waals surface area contributed by atoms with Crippen molar-refractivity contribution < 1.29 is 80.2 Å². The van der Waals surface area contributed by atoms with Crippen LogP contribution >= 0.6 is 15.6 Å². The Morgan fingerprint density at radius 1 is 0.269 bits per heavy atom. The van der Waals surface area contributed by atoms with Crippen LogP contribution in [-0.2, 0) is 65.4 Å². The van der Waals surface area contributed by atoms with Crippen LogP contribution in [-0.4, -0.2) is 96.7 Å². The molecule has 0 aromatic rings. The molecule has 19 heteroatoms. The van der Waals surface area contributed by atoms with E-state index in [1.807, 2.05) is 18.2 Å². The number of carbonyl (C=O) groups excluding carboxylic acids is 4. The van der Waals surface area contributed by atoms with Crippen LogP contribution in [0, 0.1) is 0 Å². The number of hydrogen-bond donors (Lipinski definition) is 3. The third kappa shape index (κ3) is 78.5. The zero-order valence-electron chi connectivity index (χ0n) is 67.2. The van der Waals surface area contributed by atoms with E-state index in [0.29, 0.717) is 32.1 Å². The molecule has 17 nitrogen and oxygen atoms in total. The number of allylic oxidation sites excluding steroid dienone is 28. The molecule has 5 atom stereocenters. The van der Waals surface area contributed by atoms with Gasteiger partial charge in [0.15, 0.2) is 12.2 Å². The maximum Gasteiger partial charge on any atom is 0.472 e. The highest BCUT2D eigenvalue weighted by molar-refractivity contribution is 7.47. The molecule has 0 fully saturated rings. The van der Waals surface area contributed by atoms with Crippen LogP contribution in [0.25, 0.3) is 0 Å². The molecule has 5 unspecified atom stereocenters. The van der Waals surface area contributed by atoms with Crippen molar-refractivity contribution in [2.45, 2.75) is 329 Å². The Balaban J connectivity index is 5.47. The lowest BCUT2D eigenvalue weighted by molar-refractivity contribution is -0.161. The van der Waals surface area contributed by atoms with E-state index in [9.17, 15) is 43.2 Å². The van der Waals surface area contributed by atoms with Gasteiger partial charge in [-0.25, -0.2) is 9.13 Å². The first-order chi connectivity index (χ1) is 52.7. The van der Waals surface area contributed by atoms with E-state index in [4.69, 9.17) is 37.0 Å². The van der Waals surface area contributed by atoms with E-state index in [2.05, 4.69) is 180 Å². The number of rotatable bonds is 76. The van der Waals surface area contributed by atoms with Crippen LogP contribution in [0.4, 0.5) is 0 Å². The van der Waals surface area contributed by atoms with Gasteiger partial charge in [-0.1, -0.05) is 294 Å². The summed E-state index contributed by atoms with van der Waals surface area (Å²) >= 11 is 0. The standard InChI is InChI=1S/C89H146O17P2/c1-5-9-13-17-21-25-29-33-37-40-41-44-47-50-54-58-62-66-70-74-87(92)100-79-84(105-88(93)75-71-67-63-59-55-51-45-36-32-28-24-20-16-12-8-4)81-103-107(95,96)101-77-83(90)78-102-108(97,98)104-82-85(106-89(94)76-72-68-64-60-56-52-48-43-39-35-31-27-23-19-15-11-7-3)80-99-86(91)73-69-65-61-57-53-49-46-42-38-34-30-26-22-18-14-10-6-2/h9-11,13-15,21-28,33-39,41,44-45,50,54,62,66,83-85,90H,5-8,12,16-20,29-32,40,42-43,46-49,51-53,55-61,63-65,67-82H2,1-4H3,(H,95,96)(H,97,98)/b13-9-,14-10-,15-11-,25-21-,26-22-,27-23-,28-24-,37-33-,38-34-,39-35-,44-41-,45-36-,54-50-,66-62-. The van der Waals surface area contributed by atoms with Gasteiger partial charge >= 0.3 is 39.5 Å². The van der Waals surface area contributed by atoms with Crippen molar-refractivity contribution in [3.8, 4) is 0 Å². The third-order valence-electron chi connectivity index (χ3n) is 16.7. The molecule has 0 saturated heterocycles. The Bertz CT molecular complexity index is 2710. The van der Waals surface area contributed by atoms with Crippen molar-refractivity contribution in [2.75, 3.05) is 39.6 Å². The minimum atomic E-state index is -5.01. The molecule has 0 aliphatic heterocycles. The maximum atomic E-state index is 13.1. The van der Waals surface area contributed by atoms with Crippen LogP contribution in [0.1, 0.15) is 310 Å². The third-order valence-corrected chi connectivity index (χ3v) is 18.6. The summed E-state index contributed by atoms with van der Waals surface area (Å²) in [6.07, 6.45) is 94.7. The minimum absolute atomic E-state index is 0.0279. The first-order valence-corrected chi connectivity index (χ1v) is 44.4. The van der Waals surface area contributed by atoms with Crippen LogP contribution < -0.4 is 0 Å². The Morgan fingerprint density at radius 3 is 0.796 bits per heavy atom. The second kappa shape index (κ2) is 79.5. The number of aliphatic hydroxyl groups is 1. The van der Waals surface area contributed by atoms with Gasteiger partial charge in [0.05, 0.1) is 26.4 Å². The lowest BCUT2D eigenvalue weighted by Crippen LogP contribution is -2.30. The molecule has 614 valence electrons. The van der Waals surface area contributed by atoms with E-state index in [-0.39, 0.29) is 25.7 Å². The fraction of sp³-hybridized carbons (Fsp3) is 0.640. The van der Waals surface area contributed by atoms with Gasteiger partial charge in [0.1, 0.15) is 19.3 Å². The van der Waals surface area contributed by atoms with E-state index < -0.39 is 97.5 Å². The quantitative estimate of drug-likeness (QED) is 0.0169. The van der Waals surface area contributed by atoms with Crippen LogP contribution in [0.2, 0.25) is 0 Å². The second-order valence-electron chi connectivity index (χ2n) is 26.9. The van der Waals surface area contributed by atoms with Crippen molar-refractivity contribution in [1.82, 2.24) is 0 Å². The zero-order chi connectivity index (χ0) is 78.9. The Kier molecular flexibility index (Phi) is 75.4. The average molecular weight is 1550 g/mol. The normalized spacial score (nSPS) is 14.7. The molecule has 108 heavy (non-hydrogen) atoms. The molecular weight excluding hydrogens is 1400 g/mol. The first kappa shape index (κ1) is 102. The largest absolute Gasteiger partial charge is 0.472 e. The number of hydrogen-bond acceptors (Lipinski definition) is 15. The highest BCUT2D eigenvalue weighted by Crippen LogP contribution is 2.45. The van der Waals surface area contributed by atoms with Gasteiger partial charge in [0.2, 0.25) is 0 Å². The molecule has 0 rings (SSSR count). The topological polar surface area (TPSA) is 237 Å². The van der Waals surface area contributed by atoms with Gasteiger partial charge in [-0.3, -0.25) is 37.3 Å². The Hall–Kier alpha value is -5.58. The maximum absolute atomic E-state index is 13.1. The molecule has 0 heterocycles. The van der Waals surface area contributed by atoms with E-state index in [1.54, 1.807) is 0 Å². The minimum Gasteiger partial charge on any atom is -0.462 e. The molecule has 0 saturated carbocycles. The Labute approximate surface area is 654 Å². The number of ether oxygens (including phenoxy) is 4. The molecular formula is C89H146O17P2. The van der Waals surface area contributed by atoms with E-state index in [1.165, 1.54) is 19.3 Å². The highest BCUT2D eigenvalue weighted by atomic mass is 31.2. The fourth-order valence-electron chi connectivity index (χ4n) is 10.5. The number of phosphoric acid groups is 2. The molecule has 0 bridgehead atoms. The summed E-state index contributed by atoms with van der Waals surface area (Å²) in [6.45, 7) is 4.40. The summed E-state index contributed by atoms with van der Waals surface area (Å²) in [6, 6.07) is 0. The van der Waals surface area contributed by atoms with E-state index >= 15 is 0 Å². The monoisotopic (exact) mass is 1550 g/mol. The smallest absolute Gasteiger partial charge is 0.462 e. The van der Waals surface area contributed by atoms with Crippen LogP contribution in [0.3, 0.4) is 0 Å². The predicted molar refractivity (Wildman–Crippen MR) is 445 cm³/mol. The van der Waals surface area contributed by atoms with E-state index in [0.717, 1.165) is 205 Å². The summed E-state index contributed by atoms with van der Waals surface area (Å²) in [5, 5.41) is 10.7. The molecule has 3 N–H and O–H groups in total. The predicted octanol–water partition coefficient (Wildman–Crippen LogP) is 24.6. The average Bonchev–Trinajstić information content (AvgIpc) is 0.901. The summed E-state index contributed by atoms with van der Waals surface area (Å²) < 4.78 is 68.6. The number of phosphoric ester groups is 2. The summed E-state index contributed by atoms with van der Waals surface area (Å²) in [7, 11) is -10.0. The highest BCUT2D eigenvalue weighted by Gasteiger charge is 2.30. The zero-order valence-corrected chi connectivity index (χ0v) is 69.0.